The molecule has 4 rings (SSSR count). The first-order valence-corrected chi connectivity index (χ1v) is 7.84. The zero-order chi connectivity index (χ0) is 15.8. The number of aliphatic hydroxyl groups excluding tert-OH is 1. The zero-order valence-corrected chi connectivity index (χ0v) is 12.7. The van der Waals surface area contributed by atoms with Crippen molar-refractivity contribution in [3.8, 4) is 11.1 Å². The van der Waals surface area contributed by atoms with Crippen molar-refractivity contribution in [2.24, 2.45) is 5.92 Å². The van der Waals surface area contributed by atoms with Crippen LogP contribution in [0.1, 0.15) is 6.42 Å². The number of rotatable bonds is 3. The van der Waals surface area contributed by atoms with E-state index in [1.54, 1.807) is 4.90 Å². The van der Waals surface area contributed by atoms with Gasteiger partial charge >= 0.3 is 0 Å². The van der Waals surface area contributed by atoms with Crippen LogP contribution >= 0.6 is 0 Å². The second kappa shape index (κ2) is 5.56. The lowest BCUT2D eigenvalue weighted by Crippen LogP contribution is -2.24. The summed E-state index contributed by atoms with van der Waals surface area (Å²) < 4.78 is 0. The molecule has 1 aliphatic rings. The van der Waals surface area contributed by atoms with E-state index in [0.717, 1.165) is 22.3 Å². The molecule has 1 saturated heterocycles. The number of nitrogens with zero attached hydrogens (tertiary/aromatic N) is 1. The Balaban J connectivity index is 1.66. The van der Waals surface area contributed by atoms with E-state index in [9.17, 15) is 9.90 Å². The summed E-state index contributed by atoms with van der Waals surface area (Å²) in [6, 6.07) is 16.3. The Morgan fingerprint density at radius 2 is 1.96 bits per heavy atom. The van der Waals surface area contributed by atoms with Gasteiger partial charge in [0.1, 0.15) is 0 Å². The Morgan fingerprint density at radius 3 is 2.70 bits per heavy atom. The molecule has 4 nitrogen and oxygen atoms in total. The maximum Gasteiger partial charge on any atom is 0.227 e. The molecule has 1 amide bonds. The van der Waals surface area contributed by atoms with Gasteiger partial charge in [0.2, 0.25) is 5.91 Å². The summed E-state index contributed by atoms with van der Waals surface area (Å²) in [6.07, 6.45) is 2.38. The molecule has 1 atom stereocenters. The number of hydrogen-bond acceptors (Lipinski definition) is 2. The summed E-state index contributed by atoms with van der Waals surface area (Å²) in [4.78, 5) is 17.1. The van der Waals surface area contributed by atoms with Gasteiger partial charge in [-0.25, -0.2) is 0 Å². The molecule has 0 aliphatic carbocycles. The highest BCUT2D eigenvalue weighted by Crippen LogP contribution is 2.31. The molecule has 1 aromatic heterocycles. The molecular formula is C19H18N2O2. The highest BCUT2D eigenvalue weighted by Gasteiger charge is 2.29. The largest absolute Gasteiger partial charge is 0.396 e. The number of carbonyl (C=O) groups is 1. The number of H-pyrrole nitrogens is 1. The number of nitrogens with one attached hydrogen (secondary N) is 1. The van der Waals surface area contributed by atoms with Crippen molar-refractivity contribution in [2.45, 2.75) is 6.42 Å². The van der Waals surface area contributed by atoms with Crippen LogP contribution in [0.3, 0.4) is 0 Å². The summed E-state index contributed by atoms with van der Waals surface area (Å²) in [5.41, 5.74) is 4.29. The summed E-state index contributed by atoms with van der Waals surface area (Å²) in [6.45, 7) is 0.663. The maximum atomic E-state index is 12.0. The number of anilines is 1. The maximum absolute atomic E-state index is 12.0. The van der Waals surface area contributed by atoms with E-state index in [-0.39, 0.29) is 18.4 Å². The van der Waals surface area contributed by atoms with E-state index < -0.39 is 0 Å². The summed E-state index contributed by atoms with van der Waals surface area (Å²) in [5, 5.41) is 10.4. The number of fused-ring (bicyclic) bond motifs is 1. The van der Waals surface area contributed by atoms with Gasteiger partial charge in [0.05, 0.1) is 5.52 Å². The Hall–Kier alpha value is -2.59. The van der Waals surface area contributed by atoms with Crippen molar-refractivity contribution in [2.75, 3.05) is 18.1 Å². The molecule has 2 heterocycles. The molecule has 2 aromatic carbocycles. The van der Waals surface area contributed by atoms with Gasteiger partial charge in [-0.2, -0.15) is 0 Å². The smallest absolute Gasteiger partial charge is 0.227 e. The van der Waals surface area contributed by atoms with Gasteiger partial charge in [-0.05, 0) is 29.1 Å². The van der Waals surface area contributed by atoms with E-state index in [1.165, 1.54) is 5.39 Å². The number of aliphatic hydroxyl groups is 1. The highest BCUT2D eigenvalue weighted by molar-refractivity contribution is 5.97. The van der Waals surface area contributed by atoms with Crippen molar-refractivity contribution in [3.63, 3.8) is 0 Å². The lowest BCUT2D eigenvalue weighted by molar-refractivity contribution is -0.117. The number of hydrogen-bond donors (Lipinski definition) is 2. The van der Waals surface area contributed by atoms with Crippen molar-refractivity contribution >= 4 is 22.5 Å². The first-order chi connectivity index (χ1) is 11.3. The van der Waals surface area contributed by atoms with Crippen LogP contribution in [0.4, 0.5) is 5.69 Å². The van der Waals surface area contributed by atoms with Crippen LogP contribution in [0.15, 0.2) is 54.7 Å². The fourth-order valence-electron chi connectivity index (χ4n) is 3.30. The molecule has 0 radical (unpaired) electrons. The Bertz CT molecular complexity index is 851. The van der Waals surface area contributed by atoms with Crippen LogP contribution in [0.5, 0.6) is 0 Å². The summed E-state index contributed by atoms with van der Waals surface area (Å²) in [7, 11) is 0. The third kappa shape index (κ3) is 2.41. The lowest BCUT2D eigenvalue weighted by Gasteiger charge is -2.17. The molecule has 2 N–H and O–H groups in total. The predicted octanol–water partition coefficient (Wildman–Crippen LogP) is 3.18. The third-order valence-corrected chi connectivity index (χ3v) is 4.54. The van der Waals surface area contributed by atoms with Gasteiger partial charge in [-0.3, -0.25) is 4.79 Å². The molecular weight excluding hydrogens is 288 g/mol. The van der Waals surface area contributed by atoms with Gasteiger partial charge in [0.25, 0.3) is 0 Å². The number of amides is 1. The number of carbonyl (C=O) groups excluding carboxylic acids is 1. The van der Waals surface area contributed by atoms with Crippen LogP contribution in [-0.4, -0.2) is 29.1 Å². The Kier molecular flexibility index (Phi) is 3.39. The Labute approximate surface area is 134 Å². The topological polar surface area (TPSA) is 56.3 Å². The summed E-state index contributed by atoms with van der Waals surface area (Å²) >= 11 is 0. The van der Waals surface area contributed by atoms with Gasteiger partial charge < -0.3 is 15.0 Å². The number of benzene rings is 2. The minimum atomic E-state index is 0.0508. The molecule has 1 fully saturated rings. The molecule has 116 valence electrons. The van der Waals surface area contributed by atoms with Gasteiger partial charge in [0, 0.05) is 42.9 Å². The first kappa shape index (κ1) is 14.0. The van der Waals surface area contributed by atoms with Gasteiger partial charge in [-0.15, -0.1) is 0 Å². The SMILES string of the molecule is O=C1CC(CO)CN1c1ccc(-c2cccc3cc[nH]c23)cc1. The second-order valence-corrected chi connectivity index (χ2v) is 6.05. The van der Waals surface area contributed by atoms with Crippen molar-refractivity contribution in [1.82, 2.24) is 4.98 Å². The predicted molar refractivity (Wildman–Crippen MR) is 91.3 cm³/mol. The van der Waals surface area contributed by atoms with E-state index in [2.05, 4.69) is 29.2 Å². The molecule has 3 aromatic rings. The molecule has 1 aliphatic heterocycles. The average Bonchev–Trinajstić information content (AvgIpc) is 3.21. The fraction of sp³-hybridized carbons (Fsp3) is 0.211. The van der Waals surface area contributed by atoms with Crippen molar-refractivity contribution in [3.05, 3.63) is 54.7 Å². The first-order valence-electron chi connectivity index (χ1n) is 7.84. The molecule has 0 saturated carbocycles. The fourth-order valence-corrected chi connectivity index (χ4v) is 3.30. The minimum Gasteiger partial charge on any atom is -0.396 e. The molecule has 0 spiro atoms. The highest BCUT2D eigenvalue weighted by atomic mass is 16.3. The molecule has 23 heavy (non-hydrogen) atoms. The van der Waals surface area contributed by atoms with Gasteiger partial charge in [-0.1, -0.05) is 30.3 Å². The third-order valence-electron chi connectivity index (χ3n) is 4.54. The normalized spacial score (nSPS) is 18.0. The van der Waals surface area contributed by atoms with Crippen LogP contribution in [0.25, 0.3) is 22.0 Å². The summed E-state index contributed by atoms with van der Waals surface area (Å²) in [5.74, 6) is 0.137. The minimum absolute atomic E-state index is 0.0508. The standard InChI is InChI=1S/C19H18N2O2/c22-12-13-10-18(23)21(11-13)16-6-4-14(5-7-16)17-3-1-2-15-8-9-20-19(15)17/h1-9,13,20,22H,10-12H2. The Morgan fingerprint density at radius 1 is 1.13 bits per heavy atom. The van der Waals surface area contributed by atoms with Gasteiger partial charge in [0.15, 0.2) is 0 Å². The van der Waals surface area contributed by atoms with Crippen LogP contribution in [-0.2, 0) is 4.79 Å². The average molecular weight is 306 g/mol. The quantitative estimate of drug-likeness (QED) is 0.781. The van der Waals surface area contributed by atoms with E-state index in [1.807, 2.05) is 30.5 Å². The monoisotopic (exact) mass is 306 g/mol. The van der Waals surface area contributed by atoms with E-state index in [0.29, 0.717) is 13.0 Å². The van der Waals surface area contributed by atoms with Crippen LogP contribution < -0.4 is 4.90 Å². The molecule has 4 heteroatoms. The van der Waals surface area contributed by atoms with Crippen molar-refractivity contribution < 1.29 is 9.90 Å². The molecule has 1 unspecified atom stereocenters. The molecule has 0 bridgehead atoms. The van der Waals surface area contributed by atoms with E-state index >= 15 is 0 Å². The van der Waals surface area contributed by atoms with E-state index in [4.69, 9.17) is 0 Å². The number of aromatic amines is 1. The zero-order valence-electron chi connectivity index (χ0n) is 12.7. The number of para-hydroxylation sites is 1. The second-order valence-electron chi connectivity index (χ2n) is 6.05. The van der Waals surface area contributed by atoms with Crippen LogP contribution in [0.2, 0.25) is 0 Å². The van der Waals surface area contributed by atoms with Crippen molar-refractivity contribution in [1.29, 1.82) is 0 Å². The van der Waals surface area contributed by atoms with Crippen LogP contribution in [0, 0.1) is 5.92 Å². The number of aromatic nitrogens is 1. The lowest BCUT2D eigenvalue weighted by atomic mass is 10.0.